The van der Waals surface area contributed by atoms with E-state index in [0.29, 0.717) is 16.0 Å². The summed E-state index contributed by atoms with van der Waals surface area (Å²) < 4.78 is 23.6. The van der Waals surface area contributed by atoms with Crippen LogP contribution in [0.1, 0.15) is 22.8 Å². The van der Waals surface area contributed by atoms with Crippen molar-refractivity contribution in [3.63, 3.8) is 0 Å². The number of rotatable bonds is 5. The molecule has 0 spiro atoms. The molecular formula is C24H21BrO8. The van der Waals surface area contributed by atoms with Gasteiger partial charge in [0, 0.05) is 12.1 Å². The van der Waals surface area contributed by atoms with Crippen LogP contribution in [0.2, 0.25) is 0 Å². The molecule has 8 nitrogen and oxygen atoms in total. The van der Waals surface area contributed by atoms with Gasteiger partial charge in [-0.05, 0) is 33.6 Å². The summed E-state index contributed by atoms with van der Waals surface area (Å²) >= 11 is 3.28. The first kappa shape index (κ1) is 21.8. The largest absolute Gasteiger partial charge is 0.496 e. The van der Waals surface area contributed by atoms with Gasteiger partial charge in [0.2, 0.25) is 5.60 Å². The summed E-state index contributed by atoms with van der Waals surface area (Å²) in [4.78, 5) is 12.5. The van der Waals surface area contributed by atoms with Crippen LogP contribution in [0.5, 0.6) is 17.2 Å². The zero-order valence-corrected chi connectivity index (χ0v) is 19.3. The lowest BCUT2D eigenvalue weighted by molar-refractivity contribution is -0.164. The number of carboxylic acid groups (broad SMARTS) is 1. The third-order valence-corrected chi connectivity index (χ3v) is 7.09. The SMILES string of the molecule is COc1cc(OC)c2c(c1)O[C@@]1(c3ccc(Br)o3)[C@H](c3ccccc3)[C@@H](C(=O)O)[C@@H](O)[C@@]21O. The van der Waals surface area contributed by atoms with Gasteiger partial charge >= 0.3 is 5.97 Å². The van der Waals surface area contributed by atoms with E-state index in [1.165, 1.54) is 14.2 Å². The highest BCUT2D eigenvalue weighted by molar-refractivity contribution is 9.10. The van der Waals surface area contributed by atoms with Crippen molar-refractivity contribution in [3.05, 3.63) is 76.2 Å². The van der Waals surface area contributed by atoms with E-state index in [0.717, 1.165) is 0 Å². The number of aliphatic hydroxyl groups excluding tert-OH is 1. The molecule has 5 rings (SSSR count). The monoisotopic (exact) mass is 516 g/mol. The average molecular weight is 517 g/mol. The van der Waals surface area contributed by atoms with Crippen LogP contribution < -0.4 is 14.2 Å². The lowest BCUT2D eigenvalue weighted by atomic mass is 9.73. The van der Waals surface area contributed by atoms with E-state index < -0.39 is 35.1 Å². The lowest BCUT2D eigenvalue weighted by Crippen LogP contribution is -2.52. The zero-order valence-electron chi connectivity index (χ0n) is 17.7. The lowest BCUT2D eigenvalue weighted by Gasteiger charge is -2.38. The summed E-state index contributed by atoms with van der Waals surface area (Å²) in [6.45, 7) is 0. The quantitative estimate of drug-likeness (QED) is 0.472. The van der Waals surface area contributed by atoms with Gasteiger partial charge in [-0.1, -0.05) is 30.3 Å². The number of furan rings is 1. The van der Waals surface area contributed by atoms with Crippen LogP contribution in [0.3, 0.4) is 0 Å². The van der Waals surface area contributed by atoms with Gasteiger partial charge in [0.1, 0.15) is 23.4 Å². The van der Waals surface area contributed by atoms with Gasteiger partial charge in [-0.25, -0.2) is 0 Å². The van der Waals surface area contributed by atoms with Gasteiger partial charge in [-0.15, -0.1) is 0 Å². The fraction of sp³-hybridized carbons (Fsp3) is 0.292. The van der Waals surface area contributed by atoms with Crippen LogP contribution in [0.25, 0.3) is 0 Å². The molecule has 3 N–H and O–H groups in total. The smallest absolute Gasteiger partial charge is 0.310 e. The van der Waals surface area contributed by atoms with Crippen LogP contribution in [-0.2, 0) is 16.0 Å². The Bertz CT molecular complexity index is 1220. The first-order valence-corrected chi connectivity index (χ1v) is 11.0. The van der Waals surface area contributed by atoms with Gasteiger partial charge in [0.15, 0.2) is 16.0 Å². The molecule has 0 amide bonds. The molecule has 5 atom stereocenters. The van der Waals surface area contributed by atoms with Crippen LogP contribution in [0, 0.1) is 5.92 Å². The van der Waals surface area contributed by atoms with Crippen molar-refractivity contribution >= 4 is 21.9 Å². The summed E-state index contributed by atoms with van der Waals surface area (Å²) in [5, 5.41) is 34.0. The zero-order chi connectivity index (χ0) is 23.5. The number of benzene rings is 2. The van der Waals surface area contributed by atoms with Gasteiger partial charge in [-0.3, -0.25) is 4.79 Å². The molecule has 0 bridgehead atoms. The van der Waals surface area contributed by atoms with Crippen LogP contribution >= 0.6 is 15.9 Å². The van der Waals surface area contributed by atoms with E-state index in [9.17, 15) is 20.1 Å². The number of aliphatic hydroxyl groups is 2. The first-order chi connectivity index (χ1) is 15.8. The summed E-state index contributed by atoms with van der Waals surface area (Å²) in [6.07, 6.45) is -1.76. The molecule has 1 aliphatic heterocycles. The number of ether oxygens (including phenoxy) is 3. The number of halogens is 1. The fourth-order valence-electron chi connectivity index (χ4n) is 5.39. The topological polar surface area (TPSA) is 119 Å². The normalized spacial score (nSPS) is 29.8. The van der Waals surface area contributed by atoms with Gasteiger partial charge in [0.25, 0.3) is 0 Å². The summed E-state index contributed by atoms with van der Waals surface area (Å²) in [6, 6.07) is 15.1. The van der Waals surface area contributed by atoms with Crippen LogP contribution in [-0.4, -0.2) is 41.6 Å². The molecule has 1 aliphatic carbocycles. The minimum absolute atomic E-state index is 0.135. The molecule has 0 radical (unpaired) electrons. The molecule has 1 fully saturated rings. The highest BCUT2D eigenvalue weighted by atomic mass is 79.9. The molecule has 2 aliphatic rings. The van der Waals surface area contributed by atoms with Crippen molar-refractivity contribution in [1.29, 1.82) is 0 Å². The molecule has 172 valence electrons. The van der Waals surface area contributed by atoms with E-state index in [1.807, 2.05) is 0 Å². The maximum Gasteiger partial charge on any atom is 0.310 e. The minimum Gasteiger partial charge on any atom is -0.496 e. The van der Waals surface area contributed by atoms with E-state index in [2.05, 4.69) is 15.9 Å². The molecule has 1 aromatic heterocycles. The van der Waals surface area contributed by atoms with E-state index in [-0.39, 0.29) is 22.8 Å². The number of methoxy groups -OCH3 is 2. The molecule has 0 saturated heterocycles. The van der Waals surface area contributed by atoms with Crippen LogP contribution in [0.4, 0.5) is 0 Å². The third kappa shape index (κ3) is 2.73. The Balaban J connectivity index is 1.89. The molecule has 33 heavy (non-hydrogen) atoms. The number of hydrogen-bond acceptors (Lipinski definition) is 7. The maximum atomic E-state index is 12.5. The second-order valence-corrected chi connectivity index (χ2v) is 8.89. The summed E-state index contributed by atoms with van der Waals surface area (Å²) in [5.41, 5.74) is -3.34. The summed E-state index contributed by atoms with van der Waals surface area (Å²) in [7, 11) is 2.89. The van der Waals surface area contributed by atoms with E-state index in [4.69, 9.17) is 18.6 Å². The Hall–Kier alpha value is -3.01. The highest BCUT2D eigenvalue weighted by Crippen LogP contribution is 2.70. The van der Waals surface area contributed by atoms with Gasteiger partial charge in [-0.2, -0.15) is 0 Å². The second-order valence-electron chi connectivity index (χ2n) is 8.11. The highest BCUT2D eigenvalue weighted by Gasteiger charge is 2.79. The predicted molar refractivity (Wildman–Crippen MR) is 118 cm³/mol. The Morgan fingerprint density at radius 2 is 1.82 bits per heavy atom. The van der Waals surface area contributed by atoms with Crippen molar-refractivity contribution in [1.82, 2.24) is 0 Å². The summed E-state index contributed by atoms with van der Waals surface area (Å²) in [5.74, 6) is -2.75. The standard InChI is InChI=1S/C24H21BrO8/c1-30-13-10-14(31-2)20-15(11-13)33-24(16-8-9-17(25)32-16)19(12-6-4-3-5-7-12)18(22(27)28)21(26)23(20,24)29/h3-11,18-19,21,26,29H,1-2H3,(H,27,28)/t18-,19-,21-,23+,24+/m1/s1. The number of hydrogen-bond donors (Lipinski definition) is 3. The number of fused-ring (bicyclic) bond motifs is 3. The predicted octanol–water partition coefficient (Wildman–Crippen LogP) is 3.39. The Morgan fingerprint density at radius 1 is 1.09 bits per heavy atom. The Kier molecular flexibility index (Phi) is 4.97. The molecule has 2 heterocycles. The molecule has 0 unspecified atom stereocenters. The fourth-order valence-corrected chi connectivity index (χ4v) is 5.69. The Labute approximate surface area is 197 Å². The molecule has 2 aromatic carbocycles. The first-order valence-electron chi connectivity index (χ1n) is 10.2. The van der Waals surface area contributed by atoms with E-state index >= 15 is 0 Å². The molecular weight excluding hydrogens is 496 g/mol. The number of carbonyl (C=O) groups is 1. The number of aliphatic carboxylic acids is 1. The van der Waals surface area contributed by atoms with Crippen molar-refractivity contribution in [2.75, 3.05) is 14.2 Å². The molecule has 1 saturated carbocycles. The van der Waals surface area contributed by atoms with E-state index in [1.54, 1.807) is 54.6 Å². The minimum atomic E-state index is -2.22. The third-order valence-electron chi connectivity index (χ3n) is 6.66. The number of carboxylic acids is 1. The van der Waals surface area contributed by atoms with Crippen LogP contribution in [0.15, 0.2) is 63.7 Å². The molecule has 3 aromatic rings. The second kappa shape index (κ2) is 7.51. The van der Waals surface area contributed by atoms with Crippen molar-refractivity contribution < 1.29 is 38.7 Å². The van der Waals surface area contributed by atoms with Gasteiger partial charge < -0.3 is 33.9 Å². The Morgan fingerprint density at radius 3 is 2.39 bits per heavy atom. The molecule has 9 heteroatoms. The maximum absolute atomic E-state index is 12.5. The van der Waals surface area contributed by atoms with Crippen molar-refractivity contribution in [2.45, 2.75) is 23.2 Å². The van der Waals surface area contributed by atoms with Crippen molar-refractivity contribution in [2.24, 2.45) is 5.92 Å². The van der Waals surface area contributed by atoms with Crippen molar-refractivity contribution in [3.8, 4) is 17.2 Å². The van der Waals surface area contributed by atoms with Gasteiger partial charge in [0.05, 0.1) is 31.6 Å². The average Bonchev–Trinajstić information content (AvgIpc) is 3.42.